The standard InChI is InChI=1S/4C11H21F2N.4C11H23N.C10H22N2/c2*1-8(2)10-5-6-14(9(3)4)7-11(10,12)13;2*1-8(2)10-5-6-14(9(3)4)11(12,13)7-10;2*1-9(2)11-5-7-12(8-6-11)10(3)4;1-9(2)11-6-5-7-12(8-11)10(3)4;1-9(2)11-7-5-6-8-12(11)10(3)4;1-9(2)11-5-7-12(8-6-11)10(3)4/h4*8-10H,5-7H2,1-4H3;4*9-11H,5-8H2,1-4H3;9-10H,5-8H2,1-4H3. The van der Waals surface area contributed by atoms with E-state index in [-0.39, 0.29) is 73.8 Å². The maximum atomic E-state index is 13.7. The molecule has 9 heterocycles. The molecule has 0 aliphatic carbocycles. The molecule has 9 fully saturated rings. The molecule has 116 heavy (non-hydrogen) atoms. The molecule has 0 bridgehead atoms. The minimum Gasteiger partial charge on any atom is -0.301 e. The number of likely N-dealkylation sites (tertiary alicyclic amines) is 8. The minimum absolute atomic E-state index is 0.0306. The fourth-order valence-corrected chi connectivity index (χ4v) is 19.3. The second-order valence-corrected chi connectivity index (χ2v) is 42.9. The average Bonchev–Trinajstić information content (AvgIpc) is 0.819. The Balaban J connectivity index is 0.000000653. The molecule has 0 amide bonds. The Kier molecular flexibility index (Phi) is 53.4. The van der Waals surface area contributed by atoms with E-state index in [4.69, 9.17) is 0 Å². The highest BCUT2D eigenvalue weighted by Crippen LogP contribution is 2.43. The SMILES string of the molecule is CC(C)C1CCCCN1C(C)C.CC(C)C1CCCN(C(C)C)C1.CC(C)C1CCN(C(C)C)C(F)(F)C1.CC(C)C1CCN(C(C)C)C(F)(F)C1.CC(C)C1CCN(C(C)C)CC1.CC(C)C1CCN(C(C)C)CC1.CC(C)C1CCN(C(C)C)CC1(F)F.CC(C)C1CCN(C(C)C)CC1(F)F.CC(C)N1CCN(C(C)C)CC1. The van der Waals surface area contributed by atoms with Crippen molar-refractivity contribution in [2.75, 3.05) is 111 Å². The molecule has 0 radical (unpaired) electrons. The minimum atomic E-state index is -2.60. The summed E-state index contributed by atoms with van der Waals surface area (Å²) in [6, 6.07) is 0.417. The molecule has 9 aliphatic rings. The van der Waals surface area contributed by atoms with Crippen molar-refractivity contribution in [2.45, 2.75) is 436 Å². The Morgan fingerprint density at radius 3 is 0.733 bits per heavy atom. The first-order chi connectivity index (χ1) is 53.4. The van der Waals surface area contributed by atoms with Gasteiger partial charge in [-0.3, -0.25) is 24.5 Å². The zero-order valence-electron chi connectivity index (χ0n) is 83.1. The normalized spacial score (nSPS) is 26.4. The van der Waals surface area contributed by atoms with Gasteiger partial charge < -0.3 is 14.7 Å². The molecule has 0 N–H and O–H groups in total. The lowest BCUT2D eigenvalue weighted by Crippen LogP contribution is -2.52. The van der Waals surface area contributed by atoms with Crippen LogP contribution in [0.4, 0.5) is 35.1 Å². The lowest BCUT2D eigenvalue weighted by atomic mass is 9.83. The summed E-state index contributed by atoms with van der Waals surface area (Å²) in [7, 11) is 0. The van der Waals surface area contributed by atoms with E-state index in [1.165, 1.54) is 140 Å². The van der Waals surface area contributed by atoms with Gasteiger partial charge in [-0.15, -0.1) is 0 Å². The fourth-order valence-electron chi connectivity index (χ4n) is 19.3. The smallest absolute Gasteiger partial charge is 0.301 e. The van der Waals surface area contributed by atoms with Crippen LogP contribution in [0.25, 0.3) is 0 Å². The number of hydrogen-bond acceptors (Lipinski definition) is 10. The van der Waals surface area contributed by atoms with Crippen LogP contribution in [-0.4, -0.2) is 251 Å². The van der Waals surface area contributed by atoms with Gasteiger partial charge in [0.15, 0.2) is 0 Å². The maximum Gasteiger partial charge on any atom is 0.305 e. The van der Waals surface area contributed by atoms with E-state index in [1.54, 1.807) is 0 Å². The summed E-state index contributed by atoms with van der Waals surface area (Å²) in [4.78, 5) is 22.0. The van der Waals surface area contributed by atoms with E-state index >= 15 is 0 Å². The molecular formula is C98H198F8N10. The van der Waals surface area contributed by atoms with Crippen LogP contribution in [0.3, 0.4) is 0 Å². The molecule has 0 spiro atoms. The number of hydrogen-bond donors (Lipinski definition) is 0. The Bertz CT molecular complexity index is 2110. The number of halogens is 8. The zero-order chi connectivity index (χ0) is 89.4. The molecule has 6 unspecified atom stereocenters. The summed E-state index contributed by atoms with van der Waals surface area (Å²) >= 11 is 0. The van der Waals surface area contributed by atoms with Crippen LogP contribution in [0.5, 0.6) is 0 Å². The fraction of sp³-hybridized carbons (Fsp3) is 1.00. The van der Waals surface area contributed by atoms with Crippen molar-refractivity contribution in [3.63, 3.8) is 0 Å². The average molecular weight is 1670 g/mol. The van der Waals surface area contributed by atoms with Crippen molar-refractivity contribution in [1.29, 1.82) is 0 Å². The van der Waals surface area contributed by atoms with Crippen LogP contribution in [0.1, 0.15) is 346 Å². The van der Waals surface area contributed by atoms with Gasteiger partial charge in [-0.1, -0.05) is 117 Å². The van der Waals surface area contributed by atoms with Crippen LogP contribution in [-0.2, 0) is 0 Å². The molecule has 6 atom stereocenters. The van der Waals surface area contributed by atoms with Crippen molar-refractivity contribution in [2.24, 2.45) is 88.8 Å². The summed E-state index contributed by atoms with van der Waals surface area (Å²) in [6.45, 7) is 94.2. The molecule has 0 saturated carbocycles. The third kappa shape index (κ3) is 41.0. The lowest BCUT2D eigenvalue weighted by Gasteiger charge is -2.42. The highest BCUT2D eigenvalue weighted by atomic mass is 19.3. The van der Waals surface area contributed by atoms with E-state index in [0.29, 0.717) is 37.8 Å². The molecule has 10 nitrogen and oxygen atoms in total. The van der Waals surface area contributed by atoms with Gasteiger partial charge in [0, 0.05) is 137 Å². The van der Waals surface area contributed by atoms with Crippen molar-refractivity contribution in [3.05, 3.63) is 0 Å². The maximum absolute atomic E-state index is 13.7. The topological polar surface area (TPSA) is 32.4 Å². The number of alkyl halides is 8. The summed E-state index contributed by atoms with van der Waals surface area (Å²) < 4.78 is 109. The first kappa shape index (κ1) is 113. The van der Waals surface area contributed by atoms with E-state index in [1.807, 2.05) is 121 Å². The molecule has 696 valence electrons. The Hall–Kier alpha value is -0.960. The molecule has 9 rings (SSSR count). The van der Waals surface area contributed by atoms with Gasteiger partial charge in [0.2, 0.25) is 0 Å². The van der Waals surface area contributed by atoms with Crippen molar-refractivity contribution < 1.29 is 35.1 Å². The molecule has 0 aromatic carbocycles. The molecular weight excluding hydrogens is 1470 g/mol. The summed E-state index contributed by atoms with van der Waals surface area (Å²) in [5, 5.41) is 0. The van der Waals surface area contributed by atoms with Gasteiger partial charge >= 0.3 is 12.1 Å². The summed E-state index contributed by atoms with van der Waals surface area (Å²) in [5.41, 5.74) is 0. The van der Waals surface area contributed by atoms with Crippen LogP contribution < -0.4 is 0 Å². The van der Waals surface area contributed by atoms with E-state index in [9.17, 15) is 35.1 Å². The number of piperidine rings is 8. The number of piperazine rings is 1. The molecule has 18 heteroatoms. The van der Waals surface area contributed by atoms with Crippen molar-refractivity contribution in [3.8, 4) is 0 Å². The summed E-state index contributed by atoms with van der Waals surface area (Å²) in [5.74, 6) is 1.78. The Labute approximate surface area is 716 Å². The van der Waals surface area contributed by atoms with Crippen LogP contribution in [0.15, 0.2) is 0 Å². The second kappa shape index (κ2) is 54.8. The van der Waals surface area contributed by atoms with Crippen molar-refractivity contribution >= 4 is 0 Å². The Morgan fingerprint density at radius 2 is 0.500 bits per heavy atom. The van der Waals surface area contributed by atoms with E-state index in [0.717, 1.165) is 110 Å². The highest BCUT2D eigenvalue weighted by Gasteiger charge is 2.49. The molecule has 0 aromatic rings. The monoisotopic (exact) mass is 1670 g/mol. The molecule has 9 aliphatic heterocycles. The zero-order valence-corrected chi connectivity index (χ0v) is 83.1. The first-order valence-electron chi connectivity index (χ1n) is 48.4. The predicted octanol–water partition coefficient (Wildman–Crippen LogP) is 25.3. The number of rotatable bonds is 18. The van der Waals surface area contributed by atoms with E-state index < -0.39 is 35.8 Å². The lowest BCUT2D eigenvalue weighted by molar-refractivity contribution is -0.196. The van der Waals surface area contributed by atoms with Gasteiger partial charge in [-0.2, -0.15) is 17.6 Å². The van der Waals surface area contributed by atoms with Gasteiger partial charge in [-0.05, 0) is 345 Å². The van der Waals surface area contributed by atoms with Crippen molar-refractivity contribution in [1.82, 2.24) is 49.0 Å². The second-order valence-electron chi connectivity index (χ2n) is 42.9. The van der Waals surface area contributed by atoms with Gasteiger partial charge in [0.1, 0.15) is 0 Å². The summed E-state index contributed by atoms with van der Waals surface area (Å²) in [6.07, 6.45) is 15.9. The van der Waals surface area contributed by atoms with Crippen LogP contribution in [0.2, 0.25) is 0 Å². The predicted molar refractivity (Wildman–Crippen MR) is 488 cm³/mol. The van der Waals surface area contributed by atoms with Gasteiger partial charge in [0.05, 0.1) is 13.1 Å². The van der Waals surface area contributed by atoms with Crippen LogP contribution in [0, 0.1) is 88.8 Å². The van der Waals surface area contributed by atoms with Gasteiger partial charge in [0.25, 0.3) is 11.8 Å². The quantitative estimate of drug-likeness (QED) is 0.0978. The third-order valence-electron chi connectivity index (χ3n) is 28.4. The molecule has 9 saturated heterocycles. The Morgan fingerprint density at radius 1 is 0.216 bits per heavy atom. The van der Waals surface area contributed by atoms with Gasteiger partial charge in [-0.25, -0.2) is 27.4 Å². The first-order valence-corrected chi connectivity index (χ1v) is 48.4. The third-order valence-corrected chi connectivity index (χ3v) is 28.4. The largest absolute Gasteiger partial charge is 0.305 e. The van der Waals surface area contributed by atoms with Crippen LogP contribution >= 0.6 is 0 Å². The van der Waals surface area contributed by atoms with E-state index in [2.05, 4.69) is 168 Å². The number of nitrogens with zero attached hydrogens (tertiary/aromatic N) is 10. The molecule has 0 aromatic heterocycles. The highest BCUT2D eigenvalue weighted by molar-refractivity contribution is 4.92.